The molecule has 0 unspecified atom stereocenters. The van der Waals surface area contributed by atoms with E-state index in [1.807, 2.05) is 0 Å². The molecule has 2 aromatic carbocycles. The standard InChI is InChI=1S/C18H12F3N3O2.C7H12O2/c1-23-16(25)12-6-2-3-8-15(12)24(17(23)26)10-11-5-4-7-14(13(11)9-22)18(19,20)21;8-7(9)6-4-2-1-3-5-6/h2-8H,10H2,1H3;6H,1-5H2,(H,8,9). The van der Waals surface area contributed by atoms with Gasteiger partial charge in [0.2, 0.25) is 0 Å². The van der Waals surface area contributed by atoms with Gasteiger partial charge in [-0.1, -0.05) is 43.5 Å². The van der Waals surface area contributed by atoms with Crippen LogP contribution in [0.3, 0.4) is 0 Å². The summed E-state index contributed by atoms with van der Waals surface area (Å²) in [5.41, 5.74) is -2.42. The molecule has 0 aliphatic heterocycles. The normalized spacial score (nSPS) is 14.1. The van der Waals surface area contributed by atoms with Crippen LogP contribution >= 0.6 is 0 Å². The Balaban J connectivity index is 0.000000320. The Hall–Kier alpha value is -3.87. The van der Waals surface area contributed by atoms with Gasteiger partial charge >= 0.3 is 17.8 Å². The third-order valence-electron chi connectivity index (χ3n) is 6.10. The first kappa shape index (κ1) is 25.7. The molecule has 3 aromatic rings. The summed E-state index contributed by atoms with van der Waals surface area (Å²) >= 11 is 0. The van der Waals surface area contributed by atoms with Crippen molar-refractivity contribution in [3.8, 4) is 6.07 Å². The van der Waals surface area contributed by atoms with Crippen LogP contribution in [0.5, 0.6) is 0 Å². The fourth-order valence-corrected chi connectivity index (χ4v) is 4.21. The van der Waals surface area contributed by atoms with Crippen molar-refractivity contribution in [2.75, 3.05) is 0 Å². The van der Waals surface area contributed by atoms with Gasteiger partial charge in [-0.15, -0.1) is 0 Å². The molecule has 0 radical (unpaired) electrons. The Morgan fingerprint density at radius 3 is 2.31 bits per heavy atom. The number of rotatable bonds is 3. The Labute approximate surface area is 198 Å². The van der Waals surface area contributed by atoms with Gasteiger partial charge in [-0.25, -0.2) is 4.79 Å². The van der Waals surface area contributed by atoms with Gasteiger partial charge < -0.3 is 5.11 Å². The average Bonchev–Trinajstić information content (AvgIpc) is 2.85. The number of para-hydroxylation sites is 1. The third kappa shape index (κ3) is 5.62. The molecule has 4 rings (SSSR count). The van der Waals surface area contributed by atoms with Gasteiger partial charge in [0.05, 0.1) is 34.5 Å². The minimum Gasteiger partial charge on any atom is -0.481 e. The molecule has 184 valence electrons. The van der Waals surface area contributed by atoms with Crippen molar-refractivity contribution in [1.29, 1.82) is 5.26 Å². The molecule has 7 nitrogen and oxygen atoms in total. The van der Waals surface area contributed by atoms with E-state index in [0.717, 1.165) is 36.3 Å². The predicted molar refractivity (Wildman–Crippen MR) is 123 cm³/mol. The third-order valence-corrected chi connectivity index (χ3v) is 6.10. The Bertz CT molecular complexity index is 1390. The van der Waals surface area contributed by atoms with Gasteiger partial charge in [0, 0.05) is 7.05 Å². The lowest BCUT2D eigenvalue weighted by atomic mass is 9.90. The van der Waals surface area contributed by atoms with E-state index >= 15 is 0 Å². The smallest absolute Gasteiger partial charge is 0.417 e. The van der Waals surface area contributed by atoms with E-state index < -0.39 is 34.5 Å². The van der Waals surface area contributed by atoms with Crippen LogP contribution in [0.15, 0.2) is 52.1 Å². The highest BCUT2D eigenvalue weighted by Crippen LogP contribution is 2.33. The number of alkyl halides is 3. The highest BCUT2D eigenvalue weighted by molar-refractivity contribution is 5.78. The number of carboxylic acid groups (broad SMARTS) is 1. The van der Waals surface area contributed by atoms with E-state index in [4.69, 9.17) is 5.11 Å². The van der Waals surface area contributed by atoms with Crippen LogP contribution in [0.1, 0.15) is 48.8 Å². The largest absolute Gasteiger partial charge is 0.481 e. The van der Waals surface area contributed by atoms with Gasteiger partial charge in [0.1, 0.15) is 6.07 Å². The van der Waals surface area contributed by atoms with E-state index in [2.05, 4.69) is 0 Å². The Kier molecular flexibility index (Phi) is 7.79. The molecule has 10 heteroatoms. The second-order valence-electron chi connectivity index (χ2n) is 8.37. The number of benzene rings is 2. The molecule has 0 atom stereocenters. The number of hydrogen-bond donors (Lipinski definition) is 1. The van der Waals surface area contributed by atoms with Crippen molar-refractivity contribution < 1.29 is 23.1 Å². The van der Waals surface area contributed by atoms with Gasteiger partial charge in [0.15, 0.2) is 0 Å². The number of carboxylic acids is 1. The maximum absolute atomic E-state index is 13.1. The lowest BCUT2D eigenvalue weighted by Gasteiger charge is -2.16. The Morgan fingerprint density at radius 1 is 1.09 bits per heavy atom. The lowest BCUT2D eigenvalue weighted by Crippen LogP contribution is -2.38. The summed E-state index contributed by atoms with van der Waals surface area (Å²) < 4.78 is 41.5. The number of carbonyl (C=O) groups is 1. The maximum atomic E-state index is 13.1. The molecule has 1 aliphatic rings. The number of hydrogen-bond acceptors (Lipinski definition) is 4. The van der Waals surface area contributed by atoms with Crippen LogP contribution in [-0.4, -0.2) is 20.2 Å². The fourth-order valence-electron chi connectivity index (χ4n) is 4.21. The van der Waals surface area contributed by atoms with Crippen LogP contribution in [0.4, 0.5) is 13.2 Å². The summed E-state index contributed by atoms with van der Waals surface area (Å²) in [5.74, 6) is -0.631. The molecule has 0 spiro atoms. The van der Waals surface area contributed by atoms with Crippen LogP contribution < -0.4 is 11.2 Å². The van der Waals surface area contributed by atoms with Crippen LogP contribution in [-0.2, 0) is 24.6 Å². The lowest BCUT2D eigenvalue weighted by molar-refractivity contribution is -0.142. The zero-order valence-electron chi connectivity index (χ0n) is 19.0. The monoisotopic (exact) mass is 487 g/mol. The molecular formula is C25H24F3N3O4. The molecule has 35 heavy (non-hydrogen) atoms. The van der Waals surface area contributed by atoms with Gasteiger partial charge in [-0.2, -0.15) is 18.4 Å². The summed E-state index contributed by atoms with van der Waals surface area (Å²) in [6, 6.07) is 11.3. The molecule has 0 saturated heterocycles. The predicted octanol–water partition coefficient (Wildman–Crippen LogP) is 4.29. The minimum atomic E-state index is -4.68. The zero-order chi connectivity index (χ0) is 25.8. The van der Waals surface area contributed by atoms with E-state index in [-0.39, 0.29) is 23.4 Å². The topological polar surface area (TPSA) is 105 Å². The van der Waals surface area contributed by atoms with E-state index in [1.54, 1.807) is 18.2 Å². The molecule has 1 heterocycles. The number of nitrogens with zero attached hydrogens (tertiary/aromatic N) is 3. The molecule has 1 aliphatic carbocycles. The van der Waals surface area contributed by atoms with Crippen molar-refractivity contribution in [2.45, 2.75) is 44.8 Å². The number of halogens is 3. The maximum Gasteiger partial charge on any atom is 0.417 e. The molecular weight excluding hydrogens is 463 g/mol. The highest BCUT2D eigenvalue weighted by atomic mass is 19.4. The first-order valence-corrected chi connectivity index (χ1v) is 11.1. The highest BCUT2D eigenvalue weighted by Gasteiger charge is 2.34. The van der Waals surface area contributed by atoms with Gasteiger partial charge in [-0.05, 0) is 36.6 Å². The zero-order valence-corrected chi connectivity index (χ0v) is 19.0. The van der Waals surface area contributed by atoms with Crippen LogP contribution in [0, 0.1) is 17.2 Å². The van der Waals surface area contributed by atoms with Crippen molar-refractivity contribution in [3.63, 3.8) is 0 Å². The molecule has 0 amide bonds. The molecule has 0 bridgehead atoms. The number of aromatic nitrogens is 2. The summed E-state index contributed by atoms with van der Waals surface area (Å²) in [6.07, 6.45) is 0.556. The Morgan fingerprint density at radius 2 is 1.74 bits per heavy atom. The summed E-state index contributed by atoms with van der Waals surface area (Å²) in [5, 5.41) is 18.0. The summed E-state index contributed by atoms with van der Waals surface area (Å²) in [7, 11) is 1.30. The summed E-state index contributed by atoms with van der Waals surface area (Å²) in [6.45, 7) is -0.264. The number of aliphatic carboxylic acids is 1. The fraction of sp³-hybridized carbons (Fsp3) is 0.360. The van der Waals surface area contributed by atoms with Crippen LogP contribution in [0.25, 0.3) is 10.9 Å². The average molecular weight is 487 g/mol. The second-order valence-corrected chi connectivity index (χ2v) is 8.37. The molecule has 1 saturated carbocycles. The molecule has 1 N–H and O–H groups in total. The van der Waals surface area contributed by atoms with E-state index in [1.165, 1.54) is 42.3 Å². The van der Waals surface area contributed by atoms with Crippen LogP contribution in [0.2, 0.25) is 0 Å². The van der Waals surface area contributed by atoms with Crippen molar-refractivity contribution in [3.05, 3.63) is 80.0 Å². The van der Waals surface area contributed by atoms with Crippen molar-refractivity contribution in [2.24, 2.45) is 13.0 Å². The number of fused-ring (bicyclic) bond motifs is 1. The van der Waals surface area contributed by atoms with Gasteiger partial charge in [-0.3, -0.25) is 18.7 Å². The SMILES string of the molecule is Cn1c(=O)c2ccccc2n(Cc2cccc(C(F)(F)F)c2C#N)c1=O.O=C(O)C1CCCCC1. The van der Waals surface area contributed by atoms with E-state index in [9.17, 15) is 32.8 Å². The van der Waals surface area contributed by atoms with Gasteiger partial charge in [0.25, 0.3) is 5.56 Å². The van der Waals surface area contributed by atoms with E-state index in [0.29, 0.717) is 5.52 Å². The quantitative estimate of drug-likeness (QED) is 0.594. The second kappa shape index (κ2) is 10.6. The first-order valence-electron chi connectivity index (χ1n) is 11.1. The van der Waals surface area contributed by atoms with Crippen molar-refractivity contribution in [1.82, 2.24) is 9.13 Å². The molecule has 1 fully saturated rings. The first-order chi connectivity index (χ1) is 16.6. The van der Waals surface area contributed by atoms with Crippen molar-refractivity contribution >= 4 is 16.9 Å². The number of nitriles is 1. The minimum absolute atomic E-state index is 0.0289. The molecule has 1 aromatic heterocycles. The summed E-state index contributed by atoms with van der Waals surface area (Å²) in [4.78, 5) is 35.1.